The standard InChI is InChI=1S/C24H21N5O/c1-17-9-5-6-13-20(17)27-22-15-21(24(30)26-16-19-12-7-8-14-25-19)28-23(29-22)18-10-3-2-4-11-18/h2-15H,16H2,1H3,(H,26,30)(H,27,28,29). The van der Waals surface area contributed by atoms with Crippen molar-refractivity contribution in [2.24, 2.45) is 0 Å². The molecule has 0 saturated carbocycles. The van der Waals surface area contributed by atoms with Crippen molar-refractivity contribution in [3.05, 3.63) is 102 Å². The number of rotatable bonds is 6. The van der Waals surface area contributed by atoms with Crippen molar-refractivity contribution in [2.75, 3.05) is 5.32 Å². The van der Waals surface area contributed by atoms with E-state index in [1.54, 1.807) is 12.3 Å². The van der Waals surface area contributed by atoms with E-state index in [4.69, 9.17) is 0 Å². The summed E-state index contributed by atoms with van der Waals surface area (Å²) in [5.74, 6) is 0.756. The number of pyridine rings is 1. The molecule has 0 aliphatic heterocycles. The van der Waals surface area contributed by atoms with Gasteiger partial charge in [-0.3, -0.25) is 9.78 Å². The Morgan fingerprint density at radius 2 is 1.67 bits per heavy atom. The number of para-hydroxylation sites is 1. The lowest BCUT2D eigenvalue weighted by atomic mass is 10.2. The first kappa shape index (κ1) is 19.3. The molecule has 6 heteroatoms. The number of benzene rings is 2. The molecule has 0 fully saturated rings. The number of nitrogens with zero attached hydrogens (tertiary/aromatic N) is 3. The second-order valence-electron chi connectivity index (χ2n) is 6.77. The number of carbonyl (C=O) groups is 1. The van der Waals surface area contributed by atoms with E-state index in [2.05, 4.69) is 25.6 Å². The summed E-state index contributed by atoms with van der Waals surface area (Å²) in [7, 11) is 0. The summed E-state index contributed by atoms with van der Waals surface area (Å²) in [5.41, 5.74) is 3.91. The number of aryl methyl sites for hydroxylation is 1. The van der Waals surface area contributed by atoms with Gasteiger partial charge in [0.1, 0.15) is 11.5 Å². The molecule has 0 bridgehead atoms. The van der Waals surface area contributed by atoms with E-state index in [9.17, 15) is 4.79 Å². The molecule has 2 aromatic heterocycles. The van der Waals surface area contributed by atoms with Crippen LogP contribution in [-0.2, 0) is 6.54 Å². The van der Waals surface area contributed by atoms with E-state index in [-0.39, 0.29) is 11.6 Å². The average Bonchev–Trinajstić information content (AvgIpc) is 2.80. The van der Waals surface area contributed by atoms with Crippen molar-refractivity contribution < 1.29 is 4.79 Å². The maximum Gasteiger partial charge on any atom is 0.270 e. The van der Waals surface area contributed by atoms with E-state index in [0.717, 1.165) is 22.5 Å². The third-order valence-electron chi connectivity index (χ3n) is 4.55. The van der Waals surface area contributed by atoms with E-state index >= 15 is 0 Å². The number of carbonyl (C=O) groups excluding carboxylic acids is 1. The Morgan fingerprint density at radius 1 is 0.900 bits per heavy atom. The van der Waals surface area contributed by atoms with Gasteiger partial charge in [-0.15, -0.1) is 0 Å². The summed E-state index contributed by atoms with van der Waals surface area (Å²) in [6.45, 7) is 2.34. The molecule has 2 aromatic carbocycles. The van der Waals surface area contributed by atoms with Gasteiger partial charge in [0.15, 0.2) is 5.82 Å². The second-order valence-corrected chi connectivity index (χ2v) is 6.77. The molecule has 0 saturated heterocycles. The normalized spacial score (nSPS) is 10.4. The van der Waals surface area contributed by atoms with Crippen LogP contribution in [-0.4, -0.2) is 20.9 Å². The van der Waals surface area contributed by atoms with Crippen LogP contribution in [0.1, 0.15) is 21.7 Å². The number of anilines is 2. The first-order valence-electron chi connectivity index (χ1n) is 9.64. The van der Waals surface area contributed by atoms with Gasteiger partial charge in [-0.1, -0.05) is 54.6 Å². The molecule has 4 rings (SSSR count). The lowest BCUT2D eigenvalue weighted by Crippen LogP contribution is -2.24. The molecule has 148 valence electrons. The van der Waals surface area contributed by atoms with Crippen molar-refractivity contribution in [3.63, 3.8) is 0 Å². The predicted octanol–water partition coefficient (Wildman–Crippen LogP) is 4.52. The Bertz CT molecular complexity index is 1150. The minimum Gasteiger partial charge on any atom is -0.345 e. The fourth-order valence-corrected chi connectivity index (χ4v) is 2.96. The number of amides is 1. The maximum atomic E-state index is 12.8. The number of hydrogen-bond donors (Lipinski definition) is 2. The summed E-state index contributed by atoms with van der Waals surface area (Å²) in [6.07, 6.45) is 1.70. The second kappa shape index (κ2) is 8.96. The highest BCUT2D eigenvalue weighted by molar-refractivity contribution is 5.93. The van der Waals surface area contributed by atoms with E-state index in [1.165, 1.54) is 0 Å². The Balaban J connectivity index is 1.65. The zero-order valence-corrected chi connectivity index (χ0v) is 16.5. The molecule has 0 radical (unpaired) electrons. The van der Waals surface area contributed by atoms with Gasteiger partial charge in [-0.2, -0.15) is 0 Å². The molecule has 4 aromatic rings. The van der Waals surface area contributed by atoms with Crippen LogP contribution in [0.3, 0.4) is 0 Å². The highest BCUT2D eigenvalue weighted by Crippen LogP contribution is 2.22. The van der Waals surface area contributed by atoms with Crippen molar-refractivity contribution in [3.8, 4) is 11.4 Å². The van der Waals surface area contributed by atoms with Crippen LogP contribution in [0.2, 0.25) is 0 Å². The highest BCUT2D eigenvalue weighted by atomic mass is 16.1. The summed E-state index contributed by atoms with van der Waals surface area (Å²) >= 11 is 0. The van der Waals surface area contributed by atoms with Crippen molar-refractivity contribution in [1.29, 1.82) is 0 Å². The van der Waals surface area contributed by atoms with Crippen LogP contribution < -0.4 is 10.6 Å². The van der Waals surface area contributed by atoms with E-state index in [0.29, 0.717) is 18.2 Å². The fourth-order valence-electron chi connectivity index (χ4n) is 2.96. The Morgan fingerprint density at radius 3 is 2.43 bits per heavy atom. The van der Waals surface area contributed by atoms with Gasteiger partial charge in [0, 0.05) is 23.5 Å². The minimum atomic E-state index is -0.284. The lowest BCUT2D eigenvalue weighted by Gasteiger charge is -2.12. The fraction of sp³-hybridized carbons (Fsp3) is 0.0833. The number of nitrogens with one attached hydrogen (secondary N) is 2. The van der Waals surface area contributed by atoms with Gasteiger partial charge in [-0.05, 0) is 30.7 Å². The lowest BCUT2D eigenvalue weighted by molar-refractivity contribution is 0.0945. The molecule has 2 heterocycles. The van der Waals surface area contributed by atoms with Gasteiger partial charge < -0.3 is 10.6 Å². The Labute approximate surface area is 175 Å². The molecular formula is C24H21N5O. The first-order chi connectivity index (χ1) is 14.7. The summed E-state index contributed by atoms with van der Waals surface area (Å²) in [6, 6.07) is 24.8. The van der Waals surface area contributed by atoms with Crippen LogP contribution >= 0.6 is 0 Å². The quantitative estimate of drug-likeness (QED) is 0.502. The smallest absolute Gasteiger partial charge is 0.270 e. The summed E-state index contributed by atoms with van der Waals surface area (Å²) in [5, 5.41) is 6.18. The van der Waals surface area contributed by atoms with Crippen LogP contribution in [0.15, 0.2) is 85.1 Å². The molecular weight excluding hydrogens is 374 g/mol. The number of aromatic nitrogens is 3. The molecule has 0 spiro atoms. The SMILES string of the molecule is Cc1ccccc1Nc1cc(C(=O)NCc2ccccn2)nc(-c2ccccc2)n1. The van der Waals surface area contributed by atoms with E-state index in [1.807, 2.05) is 79.7 Å². The van der Waals surface area contributed by atoms with Gasteiger partial charge in [0.2, 0.25) is 0 Å². The molecule has 0 aliphatic carbocycles. The molecule has 30 heavy (non-hydrogen) atoms. The third kappa shape index (κ3) is 4.67. The Kier molecular flexibility index (Phi) is 5.75. The third-order valence-corrected chi connectivity index (χ3v) is 4.55. The van der Waals surface area contributed by atoms with Crippen molar-refractivity contribution >= 4 is 17.4 Å². The highest BCUT2D eigenvalue weighted by Gasteiger charge is 2.14. The van der Waals surface area contributed by atoms with Gasteiger partial charge in [0.05, 0.1) is 12.2 Å². The van der Waals surface area contributed by atoms with Crippen molar-refractivity contribution in [2.45, 2.75) is 13.5 Å². The maximum absolute atomic E-state index is 12.8. The van der Waals surface area contributed by atoms with Crippen LogP contribution in [0, 0.1) is 6.92 Å². The van der Waals surface area contributed by atoms with E-state index < -0.39 is 0 Å². The zero-order chi connectivity index (χ0) is 20.8. The molecule has 2 N–H and O–H groups in total. The number of hydrogen-bond acceptors (Lipinski definition) is 5. The zero-order valence-electron chi connectivity index (χ0n) is 16.5. The average molecular weight is 395 g/mol. The van der Waals surface area contributed by atoms with Crippen LogP contribution in [0.4, 0.5) is 11.5 Å². The van der Waals surface area contributed by atoms with Crippen LogP contribution in [0.25, 0.3) is 11.4 Å². The van der Waals surface area contributed by atoms with Gasteiger partial charge >= 0.3 is 0 Å². The topological polar surface area (TPSA) is 79.8 Å². The largest absolute Gasteiger partial charge is 0.345 e. The van der Waals surface area contributed by atoms with Gasteiger partial charge in [0.25, 0.3) is 5.91 Å². The first-order valence-corrected chi connectivity index (χ1v) is 9.64. The monoisotopic (exact) mass is 395 g/mol. The molecule has 6 nitrogen and oxygen atoms in total. The summed E-state index contributed by atoms with van der Waals surface area (Å²) in [4.78, 5) is 26.2. The van der Waals surface area contributed by atoms with Gasteiger partial charge in [-0.25, -0.2) is 9.97 Å². The summed E-state index contributed by atoms with van der Waals surface area (Å²) < 4.78 is 0. The predicted molar refractivity (Wildman–Crippen MR) is 117 cm³/mol. The van der Waals surface area contributed by atoms with Crippen molar-refractivity contribution in [1.82, 2.24) is 20.3 Å². The molecule has 0 aliphatic rings. The molecule has 0 atom stereocenters. The Hall–Kier alpha value is -4.06. The van der Waals surface area contributed by atoms with Crippen LogP contribution in [0.5, 0.6) is 0 Å². The molecule has 0 unspecified atom stereocenters. The molecule has 1 amide bonds. The minimum absolute atomic E-state index is 0.284.